The van der Waals surface area contributed by atoms with Gasteiger partial charge in [-0.3, -0.25) is 0 Å². The maximum Gasteiger partial charge on any atom is 0.0402 e. The van der Waals surface area contributed by atoms with Gasteiger partial charge in [-0.15, -0.1) is 18.5 Å². The molecule has 2 N–H and O–H groups in total. The van der Waals surface area contributed by atoms with Crippen LogP contribution in [0.3, 0.4) is 0 Å². The Balaban J connectivity index is 1.49. The van der Waals surface area contributed by atoms with Crippen LogP contribution in [0.5, 0.6) is 0 Å². The number of hydrogen-bond donors (Lipinski definition) is 2. The Kier molecular flexibility index (Phi) is 6.02. The minimum atomic E-state index is 0.111. The maximum absolute atomic E-state index is 3.99. The number of allylic oxidation sites excluding steroid dienone is 3. The molecule has 5 unspecified atom stereocenters. The van der Waals surface area contributed by atoms with Crippen LogP contribution >= 0.6 is 18.5 Å². The Hall–Kier alpha value is 0.260. The lowest BCUT2D eigenvalue weighted by Crippen LogP contribution is -2.59. The van der Waals surface area contributed by atoms with E-state index in [1.54, 1.807) is 5.57 Å². The van der Waals surface area contributed by atoms with Gasteiger partial charge < -0.3 is 10.6 Å². The van der Waals surface area contributed by atoms with Gasteiger partial charge in [0.25, 0.3) is 0 Å². The van der Waals surface area contributed by atoms with Crippen LogP contribution in [0.15, 0.2) is 23.3 Å². The van der Waals surface area contributed by atoms with E-state index in [1.165, 1.54) is 77.0 Å². The Morgan fingerprint density at radius 2 is 1.42 bits per heavy atom. The largest absolute Gasteiger partial charge is 0.313 e. The van der Waals surface area contributed by atoms with E-state index in [4.69, 9.17) is 0 Å². The lowest BCUT2D eigenvalue weighted by Gasteiger charge is -2.63. The first-order valence-corrected chi connectivity index (χ1v) is 15.6. The summed E-state index contributed by atoms with van der Waals surface area (Å²) in [4.78, 5) is 0. The van der Waals surface area contributed by atoms with E-state index < -0.39 is 0 Å². The van der Waals surface area contributed by atoms with Crippen molar-refractivity contribution in [2.24, 2.45) is 40.4 Å². The van der Waals surface area contributed by atoms with E-state index in [0.717, 1.165) is 23.7 Å². The molecule has 2 saturated heterocycles. The van der Waals surface area contributed by atoms with Gasteiger partial charge in [0.2, 0.25) is 0 Å². The molecule has 7 aliphatic rings. The number of hydrogen-bond acceptors (Lipinski definition) is 2. The lowest BCUT2D eigenvalue weighted by atomic mass is 9.43. The van der Waals surface area contributed by atoms with Gasteiger partial charge >= 0.3 is 0 Å². The summed E-state index contributed by atoms with van der Waals surface area (Å²) in [5.41, 5.74) is 4.21. The smallest absolute Gasteiger partial charge is 0.0402 e. The van der Waals surface area contributed by atoms with Crippen LogP contribution in [0.4, 0.5) is 0 Å². The highest BCUT2D eigenvalue weighted by atomic mass is 31.0. The quantitative estimate of drug-likeness (QED) is 0.469. The molecule has 0 aromatic carbocycles. The molecule has 0 spiro atoms. The Bertz CT molecular complexity index is 781. The van der Waals surface area contributed by atoms with Crippen molar-refractivity contribution >= 4 is 18.5 Å². The molecule has 5 atom stereocenters. The summed E-state index contributed by atoms with van der Waals surface area (Å²) in [5, 5.41) is 8.09. The molecule has 2 nitrogen and oxygen atoms in total. The molecule has 2 aliphatic heterocycles. The Morgan fingerprint density at radius 1 is 0.879 bits per heavy atom. The molecule has 0 aromatic rings. The highest BCUT2D eigenvalue weighted by Gasteiger charge is 2.61. The molecule has 0 radical (unpaired) electrons. The summed E-state index contributed by atoms with van der Waals surface area (Å²) < 4.78 is 0. The zero-order valence-electron chi connectivity index (χ0n) is 21.3. The molecule has 5 aliphatic carbocycles. The molecule has 6 fully saturated rings. The minimum Gasteiger partial charge on any atom is -0.313 e. The highest BCUT2D eigenvalue weighted by Crippen LogP contribution is 2.68. The normalized spacial score (nSPS) is 46.5. The summed E-state index contributed by atoms with van der Waals surface area (Å²) in [6, 6.07) is 1.15. The second kappa shape index (κ2) is 8.40. The van der Waals surface area contributed by atoms with E-state index in [0.29, 0.717) is 23.4 Å². The van der Waals surface area contributed by atoms with Gasteiger partial charge in [-0.25, -0.2) is 0 Å². The van der Waals surface area contributed by atoms with Gasteiger partial charge in [-0.2, -0.15) is 0 Å². The molecule has 184 valence electrons. The fourth-order valence-electron chi connectivity index (χ4n) is 9.58. The first kappa shape index (κ1) is 23.6. The highest BCUT2D eigenvalue weighted by molar-refractivity contribution is 7.19. The molecular formula is C29H48N2P2. The first-order valence-electron chi connectivity index (χ1n) is 14.2. The SMILES string of the molecule is CC(C)(C)C1C=C(C(P)(C2CCCN2)C2CCCN2)C(C2(CP)C3CC4CC(C3)CC2C4)=C1. The average molecular weight is 487 g/mol. The second-order valence-electron chi connectivity index (χ2n) is 13.8. The van der Waals surface area contributed by atoms with Crippen LogP contribution in [0, 0.1) is 40.4 Å². The van der Waals surface area contributed by atoms with Crippen molar-refractivity contribution < 1.29 is 0 Å². The summed E-state index contributed by atoms with van der Waals surface area (Å²) in [6.45, 7) is 9.75. The summed E-state index contributed by atoms with van der Waals surface area (Å²) in [7, 11) is 6.80. The first-order chi connectivity index (χ1) is 15.8. The van der Waals surface area contributed by atoms with Crippen molar-refractivity contribution in [2.75, 3.05) is 19.3 Å². The zero-order valence-corrected chi connectivity index (χ0v) is 23.6. The molecule has 2 heterocycles. The lowest BCUT2D eigenvalue weighted by molar-refractivity contribution is -0.0738. The summed E-state index contributed by atoms with van der Waals surface area (Å²) in [5.74, 6) is 4.41. The van der Waals surface area contributed by atoms with Crippen LogP contribution in [-0.2, 0) is 0 Å². The van der Waals surface area contributed by atoms with Crippen molar-refractivity contribution in [2.45, 2.75) is 95.8 Å². The molecule has 7 rings (SSSR count). The molecule has 0 amide bonds. The third-order valence-electron chi connectivity index (χ3n) is 11.2. The third kappa shape index (κ3) is 3.55. The van der Waals surface area contributed by atoms with Crippen LogP contribution in [-0.4, -0.2) is 36.5 Å². The molecule has 33 heavy (non-hydrogen) atoms. The minimum absolute atomic E-state index is 0.111. The fourth-order valence-corrected chi connectivity index (χ4v) is 11.3. The van der Waals surface area contributed by atoms with Crippen LogP contribution < -0.4 is 10.6 Å². The van der Waals surface area contributed by atoms with Crippen molar-refractivity contribution in [1.82, 2.24) is 10.6 Å². The molecule has 4 heteroatoms. The summed E-state index contributed by atoms with van der Waals surface area (Å²) in [6.07, 6.45) is 19.7. The number of rotatable bonds is 5. The average Bonchev–Trinajstić information content (AvgIpc) is 3.55. The maximum atomic E-state index is 3.99. The van der Waals surface area contributed by atoms with Crippen LogP contribution in [0.2, 0.25) is 0 Å². The Morgan fingerprint density at radius 3 is 1.85 bits per heavy atom. The van der Waals surface area contributed by atoms with E-state index in [1.807, 2.05) is 5.57 Å². The monoisotopic (exact) mass is 486 g/mol. The molecule has 4 bridgehead atoms. The molecule has 4 saturated carbocycles. The third-order valence-corrected chi connectivity index (χ3v) is 12.9. The Labute approximate surface area is 207 Å². The number of nitrogens with one attached hydrogen (secondary N) is 2. The second-order valence-corrected chi connectivity index (χ2v) is 15.2. The zero-order chi connectivity index (χ0) is 23.0. The topological polar surface area (TPSA) is 24.1 Å². The van der Waals surface area contributed by atoms with Crippen molar-refractivity contribution in [3.05, 3.63) is 23.3 Å². The van der Waals surface area contributed by atoms with Gasteiger partial charge in [-0.1, -0.05) is 32.9 Å². The van der Waals surface area contributed by atoms with Gasteiger partial charge in [0.1, 0.15) is 0 Å². The van der Waals surface area contributed by atoms with E-state index in [2.05, 4.69) is 62.0 Å². The van der Waals surface area contributed by atoms with Crippen molar-refractivity contribution in [3.63, 3.8) is 0 Å². The van der Waals surface area contributed by atoms with Gasteiger partial charge in [0.05, 0.1) is 0 Å². The molecular weight excluding hydrogens is 438 g/mol. The van der Waals surface area contributed by atoms with E-state index in [-0.39, 0.29) is 10.6 Å². The fraction of sp³-hybridized carbons (Fsp3) is 0.862. The van der Waals surface area contributed by atoms with E-state index in [9.17, 15) is 0 Å². The summed E-state index contributed by atoms with van der Waals surface area (Å²) >= 11 is 0. The van der Waals surface area contributed by atoms with Crippen LogP contribution in [0.25, 0.3) is 0 Å². The van der Waals surface area contributed by atoms with Gasteiger partial charge in [0, 0.05) is 28.6 Å². The van der Waals surface area contributed by atoms with Crippen molar-refractivity contribution in [1.29, 1.82) is 0 Å². The van der Waals surface area contributed by atoms with Crippen LogP contribution in [0.1, 0.15) is 78.6 Å². The predicted molar refractivity (Wildman–Crippen MR) is 148 cm³/mol. The van der Waals surface area contributed by atoms with Gasteiger partial charge in [0.15, 0.2) is 0 Å². The molecule has 0 aromatic heterocycles. The van der Waals surface area contributed by atoms with E-state index >= 15 is 0 Å². The standard InChI is InChI=1S/C29H48N2P2/c1-27(2,3)20-15-23(28(17-32)21-11-18-10-19(13-21)14-22(28)12-18)24(16-20)29(33,25-6-4-8-30-25)26-7-5-9-31-26/h15-16,18-22,25-26,30-31H,4-14,17,32-33H2,1-3H3. The predicted octanol–water partition coefficient (Wildman–Crippen LogP) is 5.95. The van der Waals surface area contributed by atoms with Crippen molar-refractivity contribution in [3.8, 4) is 0 Å². The van der Waals surface area contributed by atoms with Gasteiger partial charge in [-0.05, 0) is 117 Å².